The van der Waals surface area contributed by atoms with Crippen molar-refractivity contribution in [3.05, 3.63) is 53.7 Å². The highest BCUT2D eigenvalue weighted by molar-refractivity contribution is 5.94. The van der Waals surface area contributed by atoms with E-state index in [1.807, 2.05) is 55.3 Å². The minimum atomic E-state index is -0.0230. The molecule has 3 aromatic rings. The molecule has 128 valence electrons. The number of benzene rings is 1. The number of aromatic nitrogens is 4. The van der Waals surface area contributed by atoms with Crippen LogP contribution in [0.4, 0.5) is 0 Å². The number of para-hydroxylation sites is 1. The number of hydrogen-bond acceptors (Lipinski definition) is 4. The molecule has 1 aromatic carbocycles. The molecule has 0 saturated carbocycles. The lowest BCUT2D eigenvalue weighted by atomic mass is 10.1. The summed E-state index contributed by atoms with van der Waals surface area (Å²) in [6, 6.07) is 11.8. The normalized spacial score (nSPS) is 17.1. The van der Waals surface area contributed by atoms with Gasteiger partial charge in [-0.15, -0.1) is 10.2 Å². The van der Waals surface area contributed by atoms with Crippen LogP contribution in [0.1, 0.15) is 35.0 Å². The molecule has 1 amide bonds. The number of nitrogens with zero attached hydrogens (tertiary/aromatic N) is 5. The van der Waals surface area contributed by atoms with Gasteiger partial charge in [0.2, 0.25) is 0 Å². The third-order valence-corrected chi connectivity index (χ3v) is 5.09. The van der Waals surface area contributed by atoms with Gasteiger partial charge >= 0.3 is 0 Å². The van der Waals surface area contributed by atoms with Crippen LogP contribution in [0.2, 0.25) is 0 Å². The topological polar surface area (TPSA) is 63.9 Å². The fourth-order valence-corrected chi connectivity index (χ4v) is 3.54. The predicted octanol–water partition coefficient (Wildman–Crippen LogP) is 2.61. The minimum absolute atomic E-state index is 0.0230. The summed E-state index contributed by atoms with van der Waals surface area (Å²) in [5.41, 5.74) is 1.35. The van der Waals surface area contributed by atoms with Crippen LogP contribution in [-0.2, 0) is 13.0 Å². The molecule has 2 aromatic heterocycles. The maximum absolute atomic E-state index is 12.9. The van der Waals surface area contributed by atoms with Crippen molar-refractivity contribution in [2.75, 3.05) is 7.05 Å². The van der Waals surface area contributed by atoms with Crippen molar-refractivity contribution in [1.82, 2.24) is 24.6 Å². The van der Waals surface area contributed by atoms with Gasteiger partial charge in [0.15, 0.2) is 0 Å². The van der Waals surface area contributed by atoms with E-state index in [4.69, 9.17) is 0 Å². The van der Waals surface area contributed by atoms with Crippen molar-refractivity contribution < 1.29 is 4.79 Å². The number of fused-ring (bicyclic) bond motifs is 2. The van der Waals surface area contributed by atoms with Crippen LogP contribution in [0.5, 0.6) is 0 Å². The Kier molecular flexibility index (Phi) is 3.95. The highest BCUT2D eigenvalue weighted by Gasteiger charge is 2.26. The van der Waals surface area contributed by atoms with E-state index >= 15 is 0 Å². The van der Waals surface area contributed by atoms with E-state index in [1.165, 1.54) is 0 Å². The van der Waals surface area contributed by atoms with Gasteiger partial charge in [0.1, 0.15) is 17.3 Å². The average Bonchev–Trinajstić information content (AvgIpc) is 2.87. The second-order valence-electron chi connectivity index (χ2n) is 6.60. The number of aryl methyl sites for hydroxylation is 2. The highest BCUT2D eigenvalue weighted by atomic mass is 16.2. The summed E-state index contributed by atoms with van der Waals surface area (Å²) in [6.45, 7) is 2.83. The van der Waals surface area contributed by atoms with Crippen LogP contribution in [-0.4, -0.2) is 43.6 Å². The first-order valence-corrected chi connectivity index (χ1v) is 8.65. The lowest BCUT2D eigenvalue weighted by Gasteiger charge is -2.26. The number of amides is 1. The molecule has 6 heteroatoms. The van der Waals surface area contributed by atoms with Crippen LogP contribution >= 0.6 is 0 Å². The van der Waals surface area contributed by atoms with Crippen molar-refractivity contribution in [3.8, 4) is 0 Å². The molecule has 1 aliphatic heterocycles. The number of rotatable bonds is 2. The third kappa shape index (κ3) is 2.88. The van der Waals surface area contributed by atoms with E-state index in [0.29, 0.717) is 5.69 Å². The number of pyridine rings is 1. The van der Waals surface area contributed by atoms with E-state index < -0.39 is 0 Å². The molecule has 0 aliphatic carbocycles. The van der Waals surface area contributed by atoms with Crippen LogP contribution in [0.15, 0.2) is 36.4 Å². The Morgan fingerprint density at radius 1 is 1.16 bits per heavy atom. The lowest BCUT2D eigenvalue weighted by molar-refractivity contribution is 0.0710. The van der Waals surface area contributed by atoms with Gasteiger partial charge < -0.3 is 9.47 Å². The Morgan fingerprint density at radius 2 is 2.00 bits per heavy atom. The molecule has 4 rings (SSSR count). The Hall–Kier alpha value is -2.76. The second-order valence-corrected chi connectivity index (χ2v) is 6.60. The van der Waals surface area contributed by atoms with E-state index in [2.05, 4.69) is 19.7 Å². The number of carbonyl (C=O) groups excluding carboxylic acids is 1. The second kappa shape index (κ2) is 6.27. The fourth-order valence-electron chi connectivity index (χ4n) is 3.54. The van der Waals surface area contributed by atoms with Gasteiger partial charge in [-0.2, -0.15) is 0 Å². The first kappa shape index (κ1) is 15.7. The third-order valence-electron chi connectivity index (χ3n) is 5.09. The maximum Gasteiger partial charge on any atom is 0.272 e. The van der Waals surface area contributed by atoms with Crippen molar-refractivity contribution in [1.29, 1.82) is 0 Å². The largest absolute Gasteiger partial charge is 0.337 e. The molecule has 0 saturated heterocycles. The van der Waals surface area contributed by atoms with Gasteiger partial charge in [0.25, 0.3) is 5.91 Å². The van der Waals surface area contributed by atoms with E-state index in [1.54, 1.807) is 0 Å². The van der Waals surface area contributed by atoms with Gasteiger partial charge in [-0.25, -0.2) is 4.98 Å². The summed E-state index contributed by atoms with van der Waals surface area (Å²) in [6.07, 6.45) is 2.64. The molecule has 6 nitrogen and oxygen atoms in total. The molecular weight excluding hydrogens is 314 g/mol. The zero-order valence-corrected chi connectivity index (χ0v) is 14.5. The molecule has 0 bridgehead atoms. The monoisotopic (exact) mass is 335 g/mol. The molecule has 3 heterocycles. The Morgan fingerprint density at radius 3 is 2.88 bits per heavy atom. The molecule has 25 heavy (non-hydrogen) atoms. The Labute approximate surface area is 146 Å². The van der Waals surface area contributed by atoms with Crippen LogP contribution in [0, 0.1) is 6.92 Å². The zero-order valence-electron chi connectivity index (χ0n) is 14.5. The van der Waals surface area contributed by atoms with E-state index in [-0.39, 0.29) is 11.9 Å². The molecular formula is C19H21N5O. The van der Waals surface area contributed by atoms with Gasteiger partial charge in [0.05, 0.1) is 5.52 Å². The quantitative estimate of drug-likeness (QED) is 0.722. The smallest absolute Gasteiger partial charge is 0.272 e. The Balaban J connectivity index is 1.53. The van der Waals surface area contributed by atoms with Crippen molar-refractivity contribution in [2.24, 2.45) is 0 Å². The molecule has 0 radical (unpaired) electrons. The van der Waals surface area contributed by atoms with E-state index in [0.717, 1.165) is 48.4 Å². The van der Waals surface area contributed by atoms with Crippen molar-refractivity contribution >= 4 is 16.8 Å². The van der Waals surface area contributed by atoms with Crippen LogP contribution in [0.3, 0.4) is 0 Å². The zero-order chi connectivity index (χ0) is 17.4. The molecule has 0 N–H and O–H groups in total. The van der Waals surface area contributed by atoms with Gasteiger partial charge in [-0.05, 0) is 31.9 Å². The number of hydrogen-bond donors (Lipinski definition) is 0. The van der Waals surface area contributed by atoms with Crippen molar-refractivity contribution in [2.45, 2.75) is 38.8 Å². The predicted molar refractivity (Wildman–Crippen MR) is 95.3 cm³/mol. The van der Waals surface area contributed by atoms with E-state index in [9.17, 15) is 4.79 Å². The molecule has 1 unspecified atom stereocenters. The van der Waals surface area contributed by atoms with Crippen LogP contribution in [0.25, 0.3) is 10.9 Å². The first-order valence-electron chi connectivity index (χ1n) is 8.65. The summed E-state index contributed by atoms with van der Waals surface area (Å²) in [7, 11) is 1.88. The summed E-state index contributed by atoms with van der Waals surface area (Å²) < 4.78 is 2.16. The molecule has 0 spiro atoms. The summed E-state index contributed by atoms with van der Waals surface area (Å²) >= 11 is 0. The fraction of sp³-hybridized carbons (Fsp3) is 0.368. The van der Waals surface area contributed by atoms with Crippen molar-refractivity contribution in [3.63, 3.8) is 0 Å². The standard InChI is InChI=1S/C19H21N5O/c1-13-21-22-18-10-8-15(11-12-24(13)18)23(2)19(25)17-9-7-14-5-3-4-6-16(14)20-17/h3-7,9,15H,8,10-12H2,1-2H3. The molecule has 0 fully saturated rings. The Bertz CT molecular complexity index is 932. The van der Waals surface area contributed by atoms with Gasteiger partial charge in [0, 0.05) is 31.4 Å². The average molecular weight is 335 g/mol. The minimum Gasteiger partial charge on any atom is -0.337 e. The van der Waals surface area contributed by atoms with Gasteiger partial charge in [-0.1, -0.05) is 24.3 Å². The van der Waals surface area contributed by atoms with Crippen LogP contribution < -0.4 is 0 Å². The highest BCUT2D eigenvalue weighted by Crippen LogP contribution is 2.20. The molecule has 1 aliphatic rings. The molecule has 1 atom stereocenters. The summed E-state index contributed by atoms with van der Waals surface area (Å²) in [5.74, 6) is 1.94. The first-order chi connectivity index (χ1) is 12.1. The lowest BCUT2D eigenvalue weighted by Crippen LogP contribution is -2.37. The maximum atomic E-state index is 12.9. The summed E-state index contributed by atoms with van der Waals surface area (Å²) in [4.78, 5) is 19.3. The SMILES string of the molecule is Cc1nnc2n1CCC(N(C)C(=O)c1ccc3ccccc3n1)CC2. The number of carbonyl (C=O) groups is 1. The van der Waals surface area contributed by atoms with Gasteiger partial charge in [-0.3, -0.25) is 4.79 Å². The summed E-state index contributed by atoms with van der Waals surface area (Å²) in [5, 5.41) is 9.43.